The molecule has 10 heteroatoms. The quantitative estimate of drug-likeness (QED) is 0.512. The molecule has 0 unspecified atom stereocenters. The summed E-state index contributed by atoms with van der Waals surface area (Å²) in [5.41, 5.74) is 2.14. The van der Waals surface area contributed by atoms with Crippen LogP contribution in [0.4, 0.5) is 10.1 Å². The maximum absolute atomic E-state index is 13.5. The van der Waals surface area contributed by atoms with Gasteiger partial charge in [0.15, 0.2) is 0 Å². The molecule has 1 aromatic carbocycles. The number of rotatable bonds is 5. The molecule has 3 aromatic heterocycles. The third kappa shape index (κ3) is 3.84. The second-order valence-electron chi connectivity index (χ2n) is 6.65. The van der Waals surface area contributed by atoms with Crippen molar-refractivity contribution < 1.29 is 17.5 Å². The summed E-state index contributed by atoms with van der Waals surface area (Å²) in [4.78, 5) is 20.4. The smallest absolute Gasteiger partial charge is 0.262 e. The standard InChI is InChI=1S/C21H17FN4O4S/c1-13-17(6-7-19-23-9-8-20(27)26(13)19)14-10-18(21(30-2)24-12-14)25-31(28,29)16-5-3-4-15(22)11-16/h3-12,25H,1-2H3. The molecule has 1 N–H and O–H groups in total. The van der Waals surface area contributed by atoms with E-state index < -0.39 is 15.8 Å². The lowest BCUT2D eigenvalue weighted by molar-refractivity contribution is 0.400. The highest BCUT2D eigenvalue weighted by Crippen LogP contribution is 2.31. The van der Waals surface area contributed by atoms with Gasteiger partial charge in [0.05, 0.1) is 12.0 Å². The molecule has 0 aliphatic carbocycles. The van der Waals surface area contributed by atoms with E-state index in [1.807, 2.05) is 0 Å². The molecule has 158 valence electrons. The number of ether oxygens (including phenoxy) is 1. The first-order valence-electron chi connectivity index (χ1n) is 9.10. The summed E-state index contributed by atoms with van der Waals surface area (Å²) < 4.78 is 48.0. The van der Waals surface area contributed by atoms with Gasteiger partial charge in [-0.15, -0.1) is 0 Å². The van der Waals surface area contributed by atoms with Gasteiger partial charge < -0.3 is 4.74 Å². The Balaban J connectivity index is 1.82. The number of sulfonamides is 1. The van der Waals surface area contributed by atoms with Crippen LogP contribution >= 0.6 is 0 Å². The highest BCUT2D eigenvalue weighted by Gasteiger charge is 2.19. The normalized spacial score (nSPS) is 11.5. The van der Waals surface area contributed by atoms with Gasteiger partial charge in [-0.05, 0) is 43.3 Å². The van der Waals surface area contributed by atoms with E-state index >= 15 is 0 Å². The zero-order chi connectivity index (χ0) is 22.2. The summed E-state index contributed by atoms with van der Waals surface area (Å²) in [7, 11) is -2.74. The summed E-state index contributed by atoms with van der Waals surface area (Å²) in [6.07, 6.45) is 2.94. The van der Waals surface area contributed by atoms with Crippen LogP contribution in [-0.2, 0) is 10.0 Å². The lowest BCUT2D eigenvalue weighted by Gasteiger charge is -2.14. The lowest BCUT2D eigenvalue weighted by atomic mass is 10.1. The van der Waals surface area contributed by atoms with E-state index in [2.05, 4.69) is 14.7 Å². The first kappa shape index (κ1) is 20.5. The summed E-state index contributed by atoms with van der Waals surface area (Å²) >= 11 is 0. The number of nitrogens with zero attached hydrogens (tertiary/aromatic N) is 3. The fourth-order valence-corrected chi connectivity index (χ4v) is 4.33. The number of halogens is 1. The van der Waals surface area contributed by atoms with Crippen LogP contribution in [0, 0.1) is 12.7 Å². The molecule has 31 heavy (non-hydrogen) atoms. The van der Waals surface area contributed by atoms with E-state index in [9.17, 15) is 17.6 Å². The summed E-state index contributed by atoms with van der Waals surface area (Å²) in [6, 6.07) is 11.0. The average molecular weight is 440 g/mol. The van der Waals surface area contributed by atoms with Gasteiger partial charge in [0.1, 0.15) is 17.2 Å². The molecular weight excluding hydrogens is 423 g/mol. The molecular formula is C21H17FN4O4S. The predicted molar refractivity (Wildman–Crippen MR) is 113 cm³/mol. The van der Waals surface area contributed by atoms with Crippen molar-refractivity contribution in [1.82, 2.24) is 14.4 Å². The third-order valence-corrected chi connectivity index (χ3v) is 6.07. The molecule has 0 bridgehead atoms. The van der Waals surface area contributed by atoms with E-state index in [1.165, 1.54) is 48.2 Å². The average Bonchev–Trinajstić information content (AvgIpc) is 2.74. The Bertz CT molecular complexity index is 1470. The fourth-order valence-electron chi connectivity index (χ4n) is 3.25. The summed E-state index contributed by atoms with van der Waals surface area (Å²) in [5, 5.41) is 0. The number of hydrogen-bond donors (Lipinski definition) is 1. The number of aryl methyl sites for hydroxylation is 1. The van der Waals surface area contributed by atoms with Crippen LogP contribution in [-0.4, -0.2) is 29.9 Å². The highest BCUT2D eigenvalue weighted by atomic mass is 32.2. The Morgan fingerprint density at radius 1 is 1.10 bits per heavy atom. The molecule has 0 aliphatic heterocycles. The van der Waals surface area contributed by atoms with Gasteiger partial charge in [0.25, 0.3) is 15.6 Å². The van der Waals surface area contributed by atoms with Gasteiger partial charge >= 0.3 is 0 Å². The maximum Gasteiger partial charge on any atom is 0.262 e. The Morgan fingerprint density at radius 2 is 1.90 bits per heavy atom. The van der Waals surface area contributed by atoms with E-state index in [0.29, 0.717) is 22.5 Å². The monoisotopic (exact) mass is 440 g/mol. The summed E-state index contributed by atoms with van der Waals surface area (Å²) in [6.45, 7) is 1.76. The van der Waals surface area contributed by atoms with Crippen LogP contribution in [0.15, 0.2) is 70.6 Å². The molecule has 8 nitrogen and oxygen atoms in total. The molecule has 0 spiro atoms. The van der Waals surface area contributed by atoms with E-state index in [-0.39, 0.29) is 22.0 Å². The third-order valence-electron chi connectivity index (χ3n) is 4.70. The number of pyridine rings is 2. The number of anilines is 1. The minimum absolute atomic E-state index is 0.0426. The van der Waals surface area contributed by atoms with Crippen LogP contribution in [0.25, 0.3) is 16.8 Å². The summed E-state index contributed by atoms with van der Waals surface area (Å²) in [5.74, 6) is -0.631. The SMILES string of the molecule is COc1ncc(-c2ccc3nccc(=O)n3c2C)cc1NS(=O)(=O)c1cccc(F)c1. The second kappa shape index (κ2) is 7.80. The zero-order valence-corrected chi connectivity index (χ0v) is 17.4. The second-order valence-corrected chi connectivity index (χ2v) is 8.34. The van der Waals surface area contributed by atoms with Gasteiger partial charge in [-0.1, -0.05) is 6.07 Å². The number of benzene rings is 1. The van der Waals surface area contributed by atoms with Crippen molar-refractivity contribution in [2.45, 2.75) is 11.8 Å². The zero-order valence-electron chi connectivity index (χ0n) is 16.5. The van der Waals surface area contributed by atoms with E-state index in [0.717, 1.165) is 12.1 Å². The molecule has 0 radical (unpaired) electrons. The van der Waals surface area contributed by atoms with E-state index in [1.54, 1.807) is 19.1 Å². The van der Waals surface area contributed by atoms with Crippen molar-refractivity contribution in [1.29, 1.82) is 0 Å². The van der Waals surface area contributed by atoms with Crippen molar-refractivity contribution in [3.05, 3.63) is 82.8 Å². The Hall–Kier alpha value is -3.79. The molecule has 0 fully saturated rings. The molecule has 0 saturated carbocycles. The Labute approximate surface area is 177 Å². The molecule has 4 aromatic rings. The van der Waals surface area contributed by atoms with Crippen LogP contribution in [0.1, 0.15) is 5.69 Å². The molecule has 3 heterocycles. The van der Waals surface area contributed by atoms with E-state index in [4.69, 9.17) is 4.74 Å². The minimum Gasteiger partial charge on any atom is -0.480 e. The van der Waals surface area contributed by atoms with Crippen molar-refractivity contribution in [3.8, 4) is 17.0 Å². The predicted octanol–water partition coefficient (Wildman–Crippen LogP) is 3.01. The van der Waals surface area contributed by atoms with Gasteiger partial charge in [-0.25, -0.2) is 22.8 Å². The van der Waals surface area contributed by atoms with Gasteiger partial charge in [-0.2, -0.15) is 0 Å². The molecule has 0 atom stereocenters. The topological polar surface area (TPSA) is 103 Å². The number of methoxy groups -OCH3 is 1. The number of aromatic nitrogens is 3. The van der Waals surface area contributed by atoms with Crippen molar-refractivity contribution in [3.63, 3.8) is 0 Å². The van der Waals surface area contributed by atoms with Gasteiger partial charge in [0.2, 0.25) is 5.88 Å². The number of nitrogens with one attached hydrogen (secondary N) is 1. The van der Waals surface area contributed by atoms with Gasteiger partial charge in [-0.3, -0.25) is 13.9 Å². The first-order chi connectivity index (χ1) is 14.8. The molecule has 0 saturated heterocycles. The number of hydrogen-bond acceptors (Lipinski definition) is 6. The minimum atomic E-state index is -4.09. The highest BCUT2D eigenvalue weighted by molar-refractivity contribution is 7.92. The van der Waals surface area contributed by atoms with Crippen LogP contribution in [0.2, 0.25) is 0 Å². The lowest BCUT2D eigenvalue weighted by Crippen LogP contribution is -2.16. The Morgan fingerprint density at radius 3 is 2.65 bits per heavy atom. The van der Waals surface area contributed by atoms with Crippen LogP contribution < -0.4 is 15.0 Å². The van der Waals surface area contributed by atoms with Crippen molar-refractivity contribution in [2.24, 2.45) is 0 Å². The molecule has 0 amide bonds. The molecule has 0 aliphatic rings. The van der Waals surface area contributed by atoms with Crippen LogP contribution in [0.3, 0.4) is 0 Å². The van der Waals surface area contributed by atoms with Crippen molar-refractivity contribution in [2.75, 3.05) is 11.8 Å². The van der Waals surface area contributed by atoms with Crippen molar-refractivity contribution >= 4 is 21.4 Å². The largest absolute Gasteiger partial charge is 0.480 e. The van der Waals surface area contributed by atoms with Crippen LogP contribution in [0.5, 0.6) is 5.88 Å². The Kier molecular flexibility index (Phi) is 5.15. The first-order valence-corrected chi connectivity index (χ1v) is 10.6. The van der Waals surface area contributed by atoms with Gasteiger partial charge in [0, 0.05) is 35.3 Å². The fraction of sp³-hybridized carbons (Fsp3) is 0.0952. The maximum atomic E-state index is 13.5. The number of fused-ring (bicyclic) bond motifs is 1. The molecule has 4 rings (SSSR count).